The topological polar surface area (TPSA) is 72.4 Å². The van der Waals surface area contributed by atoms with E-state index >= 15 is 0 Å². The molecule has 2 aromatic heterocycles. The zero-order chi connectivity index (χ0) is 11.0. The summed E-state index contributed by atoms with van der Waals surface area (Å²) in [6.07, 6.45) is 1.76. The predicted molar refractivity (Wildman–Crippen MR) is 53.8 cm³/mol. The van der Waals surface area contributed by atoms with Crippen LogP contribution < -0.4 is 5.56 Å². The fraction of sp³-hybridized carbons (Fsp3) is 0.444. The van der Waals surface area contributed by atoms with Crippen LogP contribution in [-0.2, 0) is 13.5 Å². The maximum absolute atomic E-state index is 11.9. The Morgan fingerprint density at radius 1 is 1.53 bits per heavy atom. The number of hydrogen-bond acceptors (Lipinski definition) is 4. The fourth-order valence-electron chi connectivity index (χ4n) is 1.58. The molecule has 15 heavy (non-hydrogen) atoms. The van der Waals surface area contributed by atoms with Gasteiger partial charge < -0.3 is 5.11 Å². The molecule has 0 fully saturated rings. The Morgan fingerprint density at radius 2 is 2.27 bits per heavy atom. The Morgan fingerprint density at radius 3 is 2.93 bits per heavy atom. The van der Waals surface area contributed by atoms with Crippen molar-refractivity contribution in [1.82, 2.24) is 19.2 Å². The molecular formula is C9H12N4O2. The molecule has 0 aliphatic heterocycles. The molecule has 80 valence electrons. The lowest BCUT2D eigenvalue weighted by Crippen LogP contribution is -2.21. The lowest BCUT2D eigenvalue weighted by Gasteiger charge is -2.03. The highest BCUT2D eigenvalue weighted by Gasteiger charge is 2.11. The molecule has 0 spiro atoms. The van der Waals surface area contributed by atoms with Gasteiger partial charge in [-0.25, -0.2) is 14.1 Å². The van der Waals surface area contributed by atoms with Gasteiger partial charge in [-0.15, -0.1) is 0 Å². The smallest absolute Gasteiger partial charge is 0.263 e. The quantitative estimate of drug-likeness (QED) is 0.706. The van der Waals surface area contributed by atoms with Crippen LogP contribution in [0, 0.1) is 6.92 Å². The third kappa shape index (κ3) is 1.42. The highest BCUT2D eigenvalue weighted by atomic mass is 16.3. The summed E-state index contributed by atoms with van der Waals surface area (Å²) in [4.78, 5) is 16.2. The van der Waals surface area contributed by atoms with E-state index in [4.69, 9.17) is 5.11 Å². The van der Waals surface area contributed by atoms with Crippen molar-refractivity contribution in [3.63, 3.8) is 0 Å². The van der Waals surface area contributed by atoms with Gasteiger partial charge in [-0.05, 0) is 6.92 Å². The van der Waals surface area contributed by atoms with Crippen LogP contribution >= 0.6 is 0 Å². The molecule has 2 aromatic rings. The second-order valence-electron chi connectivity index (χ2n) is 3.38. The Kier molecular flexibility index (Phi) is 2.28. The van der Waals surface area contributed by atoms with Crippen LogP contribution in [0.15, 0.2) is 11.1 Å². The number of nitrogens with zero attached hydrogens (tertiary/aromatic N) is 4. The summed E-state index contributed by atoms with van der Waals surface area (Å²) < 4.78 is 2.93. The summed E-state index contributed by atoms with van der Waals surface area (Å²) in [7, 11) is 1.73. The van der Waals surface area contributed by atoms with Crippen molar-refractivity contribution in [2.24, 2.45) is 7.05 Å². The first-order valence-corrected chi connectivity index (χ1v) is 4.66. The molecule has 0 atom stereocenters. The SMILES string of the molecule is Cc1nc2n(C)ncn2c(=O)c1CCO. The molecule has 0 aromatic carbocycles. The molecule has 0 bridgehead atoms. The van der Waals surface area contributed by atoms with E-state index in [9.17, 15) is 4.79 Å². The van der Waals surface area contributed by atoms with E-state index in [0.717, 1.165) is 0 Å². The van der Waals surface area contributed by atoms with Crippen LogP contribution in [-0.4, -0.2) is 30.9 Å². The number of aliphatic hydroxyl groups is 1. The minimum Gasteiger partial charge on any atom is -0.396 e. The van der Waals surface area contributed by atoms with Gasteiger partial charge in [0, 0.05) is 25.6 Å². The van der Waals surface area contributed by atoms with Gasteiger partial charge in [0.15, 0.2) is 0 Å². The zero-order valence-electron chi connectivity index (χ0n) is 8.64. The molecule has 2 heterocycles. The summed E-state index contributed by atoms with van der Waals surface area (Å²) in [5, 5.41) is 12.8. The summed E-state index contributed by atoms with van der Waals surface area (Å²) in [5.41, 5.74) is 1.04. The van der Waals surface area contributed by atoms with Gasteiger partial charge in [0.1, 0.15) is 6.33 Å². The van der Waals surface area contributed by atoms with E-state index in [-0.39, 0.29) is 12.2 Å². The lowest BCUT2D eigenvalue weighted by molar-refractivity contribution is 0.298. The minimum absolute atomic E-state index is 0.0515. The standard InChI is InChI=1S/C9H12N4O2/c1-6-7(3-4-14)8(15)13-5-10-12(2)9(13)11-6/h5,14H,3-4H2,1-2H3. The average molecular weight is 208 g/mol. The average Bonchev–Trinajstić information content (AvgIpc) is 2.55. The van der Waals surface area contributed by atoms with Crippen LogP contribution in [0.25, 0.3) is 5.78 Å². The number of rotatable bonds is 2. The molecule has 0 saturated heterocycles. The van der Waals surface area contributed by atoms with E-state index in [1.54, 1.807) is 14.0 Å². The molecule has 2 rings (SSSR count). The fourth-order valence-corrected chi connectivity index (χ4v) is 1.58. The highest BCUT2D eigenvalue weighted by Crippen LogP contribution is 2.02. The number of fused-ring (bicyclic) bond motifs is 1. The Bertz CT molecular complexity index is 555. The van der Waals surface area contributed by atoms with Gasteiger partial charge in [0.25, 0.3) is 5.56 Å². The molecule has 0 aliphatic rings. The van der Waals surface area contributed by atoms with Crippen LogP contribution in [0.4, 0.5) is 0 Å². The summed E-state index contributed by atoms with van der Waals surface area (Å²) in [6, 6.07) is 0. The second kappa shape index (κ2) is 3.47. The van der Waals surface area contributed by atoms with Crippen molar-refractivity contribution in [2.75, 3.05) is 6.61 Å². The van der Waals surface area contributed by atoms with Gasteiger partial charge in [-0.3, -0.25) is 4.79 Å². The molecule has 0 amide bonds. The van der Waals surface area contributed by atoms with Gasteiger partial charge in [-0.2, -0.15) is 5.10 Å². The summed E-state index contributed by atoms with van der Waals surface area (Å²) in [6.45, 7) is 1.71. The Labute approximate surface area is 85.8 Å². The zero-order valence-corrected chi connectivity index (χ0v) is 8.64. The van der Waals surface area contributed by atoms with E-state index in [2.05, 4.69) is 10.1 Å². The first kappa shape index (κ1) is 9.85. The first-order valence-electron chi connectivity index (χ1n) is 4.66. The van der Waals surface area contributed by atoms with Gasteiger partial charge in [-0.1, -0.05) is 0 Å². The molecule has 0 saturated carbocycles. The van der Waals surface area contributed by atoms with Crippen molar-refractivity contribution in [3.8, 4) is 0 Å². The van der Waals surface area contributed by atoms with Gasteiger partial charge >= 0.3 is 0 Å². The molecule has 0 radical (unpaired) electrons. The van der Waals surface area contributed by atoms with Gasteiger partial charge in [0.2, 0.25) is 5.78 Å². The van der Waals surface area contributed by atoms with E-state index in [1.807, 2.05) is 0 Å². The molecule has 0 unspecified atom stereocenters. The number of aliphatic hydroxyl groups excluding tert-OH is 1. The predicted octanol–water partition coefficient (Wildman–Crippen LogP) is -0.729. The monoisotopic (exact) mass is 208 g/mol. The maximum atomic E-state index is 11.9. The van der Waals surface area contributed by atoms with Crippen molar-refractivity contribution >= 4 is 5.78 Å². The molecule has 6 heteroatoms. The highest BCUT2D eigenvalue weighted by molar-refractivity contribution is 5.32. The van der Waals surface area contributed by atoms with Crippen LogP contribution in [0.5, 0.6) is 0 Å². The van der Waals surface area contributed by atoms with Crippen molar-refractivity contribution in [1.29, 1.82) is 0 Å². The van der Waals surface area contributed by atoms with Crippen LogP contribution in [0.2, 0.25) is 0 Å². The number of aromatic nitrogens is 4. The normalized spacial score (nSPS) is 11.1. The molecule has 0 aliphatic carbocycles. The number of aryl methyl sites for hydroxylation is 2. The Hall–Kier alpha value is -1.69. The summed E-state index contributed by atoms with van der Waals surface area (Å²) in [5.74, 6) is 0.513. The minimum atomic E-state index is -0.153. The van der Waals surface area contributed by atoms with Crippen molar-refractivity contribution in [2.45, 2.75) is 13.3 Å². The summed E-state index contributed by atoms with van der Waals surface area (Å²) >= 11 is 0. The van der Waals surface area contributed by atoms with Crippen molar-refractivity contribution in [3.05, 3.63) is 27.9 Å². The van der Waals surface area contributed by atoms with E-state index in [0.29, 0.717) is 23.5 Å². The molecule has 1 N–H and O–H groups in total. The molecular weight excluding hydrogens is 196 g/mol. The van der Waals surface area contributed by atoms with E-state index in [1.165, 1.54) is 15.4 Å². The maximum Gasteiger partial charge on any atom is 0.263 e. The van der Waals surface area contributed by atoms with Crippen molar-refractivity contribution < 1.29 is 5.11 Å². The number of hydrogen-bond donors (Lipinski definition) is 1. The third-order valence-electron chi connectivity index (χ3n) is 2.39. The Balaban J connectivity index is 2.79. The van der Waals surface area contributed by atoms with Crippen LogP contribution in [0.3, 0.4) is 0 Å². The third-order valence-corrected chi connectivity index (χ3v) is 2.39. The lowest BCUT2D eigenvalue weighted by atomic mass is 10.2. The largest absolute Gasteiger partial charge is 0.396 e. The van der Waals surface area contributed by atoms with E-state index < -0.39 is 0 Å². The first-order chi connectivity index (χ1) is 7.15. The van der Waals surface area contributed by atoms with Gasteiger partial charge in [0.05, 0.1) is 5.69 Å². The van der Waals surface area contributed by atoms with Crippen LogP contribution in [0.1, 0.15) is 11.3 Å². The molecule has 6 nitrogen and oxygen atoms in total. The second-order valence-corrected chi connectivity index (χ2v) is 3.38.